The van der Waals surface area contributed by atoms with Gasteiger partial charge in [0.15, 0.2) is 6.54 Å². The van der Waals surface area contributed by atoms with Gasteiger partial charge in [-0.2, -0.15) is 0 Å². The van der Waals surface area contributed by atoms with Crippen LogP contribution >= 0.6 is 0 Å². The van der Waals surface area contributed by atoms with E-state index in [-0.39, 0.29) is 18.2 Å². The van der Waals surface area contributed by atoms with E-state index < -0.39 is 6.36 Å². The molecule has 0 aliphatic heterocycles. The van der Waals surface area contributed by atoms with Gasteiger partial charge in [-0.05, 0) is 24.3 Å². The fourth-order valence-electron chi connectivity index (χ4n) is 1.27. The van der Waals surface area contributed by atoms with Gasteiger partial charge in [0, 0.05) is 5.69 Å². The normalized spacial score (nSPS) is 11.4. The lowest BCUT2D eigenvalue weighted by atomic mass is 10.3. The van der Waals surface area contributed by atoms with E-state index in [9.17, 15) is 18.0 Å². The number of halogens is 3. The summed E-state index contributed by atoms with van der Waals surface area (Å²) < 4.78 is 39.4. The lowest BCUT2D eigenvalue weighted by molar-refractivity contribution is -0.849. The SMILES string of the molecule is C[NH+](C)CC(=O)Nc1ccc(OC(F)(F)F)cc1. The van der Waals surface area contributed by atoms with Crippen molar-refractivity contribution in [2.75, 3.05) is 26.0 Å². The Hall–Kier alpha value is -1.76. The van der Waals surface area contributed by atoms with Crippen molar-refractivity contribution in [2.24, 2.45) is 0 Å². The van der Waals surface area contributed by atoms with E-state index in [0.29, 0.717) is 5.69 Å². The van der Waals surface area contributed by atoms with Crippen LogP contribution in [0.3, 0.4) is 0 Å². The predicted octanol–water partition coefficient (Wildman–Crippen LogP) is 0.668. The summed E-state index contributed by atoms with van der Waals surface area (Å²) in [4.78, 5) is 12.3. The minimum absolute atomic E-state index is 0.209. The molecule has 0 aliphatic rings. The molecule has 1 rings (SSSR count). The second kappa shape index (κ2) is 5.72. The van der Waals surface area contributed by atoms with Gasteiger partial charge in [-0.15, -0.1) is 13.2 Å². The Balaban J connectivity index is 2.58. The highest BCUT2D eigenvalue weighted by Gasteiger charge is 2.30. The molecule has 18 heavy (non-hydrogen) atoms. The first-order valence-electron chi connectivity index (χ1n) is 5.21. The van der Waals surface area contributed by atoms with Gasteiger partial charge < -0.3 is 15.0 Å². The van der Waals surface area contributed by atoms with Crippen molar-refractivity contribution in [1.29, 1.82) is 0 Å². The molecule has 1 aromatic rings. The van der Waals surface area contributed by atoms with Crippen LogP contribution in [0.15, 0.2) is 24.3 Å². The zero-order chi connectivity index (χ0) is 13.8. The summed E-state index contributed by atoms with van der Waals surface area (Å²) in [7, 11) is 3.64. The number of nitrogens with one attached hydrogen (secondary N) is 2. The lowest BCUT2D eigenvalue weighted by Gasteiger charge is -2.10. The van der Waals surface area contributed by atoms with Gasteiger partial charge in [0.05, 0.1) is 14.1 Å². The third-order valence-corrected chi connectivity index (χ3v) is 1.89. The van der Waals surface area contributed by atoms with Crippen LogP contribution in [0.4, 0.5) is 18.9 Å². The molecule has 1 amide bonds. The molecular weight excluding hydrogens is 249 g/mol. The van der Waals surface area contributed by atoms with Crippen LogP contribution in [0, 0.1) is 0 Å². The first-order valence-corrected chi connectivity index (χ1v) is 5.21. The Morgan fingerprint density at radius 1 is 1.28 bits per heavy atom. The average Bonchev–Trinajstić information content (AvgIpc) is 2.17. The number of ether oxygens (including phenoxy) is 1. The molecule has 4 nitrogen and oxygen atoms in total. The van der Waals surface area contributed by atoms with Gasteiger partial charge >= 0.3 is 6.36 Å². The number of carbonyl (C=O) groups excluding carboxylic acids is 1. The zero-order valence-corrected chi connectivity index (χ0v) is 9.97. The van der Waals surface area contributed by atoms with Gasteiger partial charge in [-0.3, -0.25) is 4.79 Å². The van der Waals surface area contributed by atoms with E-state index in [0.717, 1.165) is 17.0 Å². The van der Waals surface area contributed by atoms with E-state index in [2.05, 4.69) is 10.1 Å². The number of anilines is 1. The predicted molar refractivity (Wildman–Crippen MR) is 59.4 cm³/mol. The topological polar surface area (TPSA) is 42.8 Å². The molecule has 2 N–H and O–H groups in total. The van der Waals surface area contributed by atoms with E-state index in [4.69, 9.17) is 0 Å². The first-order chi connectivity index (χ1) is 8.26. The van der Waals surface area contributed by atoms with Crippen molar-refractivity contribution in [2.45, 2.75) is 6.36 Å². The summed E-state index contributed by atoms with van der Waals surface area (Å²) in [6, 6.07) is 4.99. The Morgan fingerprint density at radius 2 is 1.83 bits per heavy atom. The molecule has 1 aromatic carbocycles. The second-order valence-corrected chi connectivity index (χ2v) is 4.00. The van der Waals surface area contributed by atoms with Crippen LogP contribution in [-0.2, 0) is 4.79 Å². The first kappa shape index (κ1) is 14.3. The van der Waals surface area contributed by atoms with Gasteiger partial charge in [0.1, 0.15) is 5.75 Å². The molecular formula is C11H14F3N2O2+. The maximum absolute atomic E-state index is 11.9. The Kier molecular flexibility index (Phi) is 4.55. The van der Waals surface area contributed by atoms with Crippen molar-refractivity contribution < 1.29 is 27.6 Å². The quantitative estimate of drug-likeness (QED) is 0.838. The third kappa shape index (κ3) is 5.53. The molecule has 0 fully saturated rings. The number of hydrogen-bond acceptors (Lipinski definition) is 2. The van der Waals surface area contributed by atoms with Crippen LogP contribution < -0.4 is 15.0 Å². The van der Waals surface area contributed by atoms with E-state index in [1.807, 2.05) is 14.1 Å². The molecule has 0 unspecified atom stereocenters. The van der Waals surface area contributed by atoms with Crippen LogP contribution in [0.5, 0.6) is 5.75 Å². The fraction of sp³-hybridized carbons (Fsp3) is 0.364. The highest BCUT2D eigenvalue weighted by molar-refractivity contribution is 5.91. The number of quaternary nitrogens is 1. The molecule has 0 atom stereocenters. The Bertz CT molecular complexity index is 402. The molecule has 0 bridgehead atoms. The summed E-state index contributed by atoms with van der Waals surface area (Å²) in [5.41, 5.74) is 0.427. The largest absolute Gasteiger partial charge is 0.573 e. The number of hydrogen-bond donors (Lipinski definition) is 2. The van der Waals surface area contributed by atoms with Crippen LogP contribution in [0.2, 0.25) is 0 Å². The number of rotatable bonds is 4. The molecule has 0 saturated heterocycles. The highest BCUT2D eigenvalue weighted by atomic mass is 19.4. The van der Waals surface area contributed by atoms with E-state index >= 15 is 0 Å². The average molecular weight is 263 g/mol. The number of carbonyl (C=O) groups is 1. The van der Waals surface area contributed by atoms with E-state index in [1.165, 1.54) is 12.1 Å². The second-order valence-electron chi connectivity index (χ2n) is 4.00. The van der Waals surface area contributed by atoms with Gasteiger partial charge in [0.25, 0.3) is 5.91 Å². The van der Waals surface area contributed by atoms with Crippen molar-refractivity contribution >= 4 is 11.6 Å². The summed E-state index contributed by atoms with van der Waals surface area (Å²) in [6.07, 6.45) is -4.71. The molecule has 0 spiro atoms. The maximum atomic E-state index is 11.9. The summed E-state index contributed by atoms with van der Waals surface area (Å²) in [5.74, 6) is -0.529. The summed E-state index contributed by atoms with van der Waals surface area (Å²) in [5, 5.41) is 2.57. The molecule has 7 heteroatoms. The molecule has 0 aromatic heterocycles. The number of amides is 1. The van der Waals surface area contributed by atoms with Crippen molar-refractivity contribution in [3.05, 3.63) is 24.3 Å². The van der Waals surface area contributed by atoms with Gasteiger partial charge in [-0.25, -0.2) is 0 Å². The van der Waals surface area contributed by atoms with Crippen molar-refractivity contribution in [3.63, 3.8) is 0 Å². The Labute approximate surface area is 102 Å². The number of benzene rings is 1. The standard InChI is InChI=1S/C11H13F3N2O2/c1-16(2)7-10(17)15-8-3-5-9(6-4-8)18-11(12,13)14/h3-6H,7H2,1-2H3,(H,15,17)/p+1. The monoisotopic (exact) mass is 263 g/mol. The highest BCUT2D eigenvalue weighted by Crippen LogP contribution is 2.23. The minimum Gasteiger partial charge on any atom is -0.406 e. The summed E-state index contributed by atoms with van der Waals surface area (Å²) in [6.45, 7) is 0.279. The molecule has 0 saturated carbocycles. The van der Waals surface area contributed by atoms with E-state index in [1.54, 1.807) is 0 Å². The van der Waals surface area contributed by atoms with Gasteiger partial charge in [0.2, 0.25) is 0 Å². The fourth-order valence-corrected chi connectivity index (χ4v) is 1.27. The zero-order valence-electron chi connectivity index (χ0n) is 9.97. The lowest BCUT2D eigenvalue weighted by Crippen LogP contribution is -3.06. The van der Waals surface area contributed by atoms with Crippen molar-refractivity contribution in [1.82, 2.24) is 0 Å². The van der Waals surface area contributed by atoms with Crippen LogP contribution in [0.1, 0.15) is 0 Å². The molecule has 0 radical (unpaired) electrons. The van der Waals surface area contributed by atoms with Crippen LogP contribution in [-0.4, -0.2) is 32.9 Å². The Morgan fingerprint density at radius 3 is 2.28 bits per heavy atom. The molecule has 0 heterocycles. The number of alkyl halides is 3. The maximum Gasteiger partial charge on any atom is 0.573 e. The number of likely N-dealkylation sites (N-methyl/N-ethyl adjacent to an activating group) is 1. The summed E-state index contributed by atoms with van der Waals surface area (Å²) >= 11 is 0. The van der Waals surface area contributed by atoms with Crippen LogP contribution in [0.25, 0.3) is 0 Å². The van der Waals surface area contributed by atoms with Crippen molar-refractivity contribution in [3.8, 4) is 5.75 Å². The molecule has 100 valence electrons. The minimum atomic E-state index is -4.71. The van der Waals surface area contributed by atoms with Gasteiger partial charge in [-0.1, -0.05) is 0 Å². The third-order valence-electron chi connectivity index (χ3n) is 1.89. The molecule has 0 aliphatic carbocycles. The smallest absolute Gasteiger partial charge is 0.406 e.